The lowest BCUT2D eigenvalue weighted by Crippen LogP contribution is -2.26. The number of hydrogen-bond donors (Lipinski definition) is 1. The highest BCUT2D eigenvalue weighted by molar-refractivity contribution is 6.32. The summed E-state index contributed by atoms with van der Waals surface area (Å²) in [5.41, 5.74) is 0.751. The van der Waals surface area contributed by atoms with Crippen LogP contribution in [0.5, 0.6) is 11.5 Å². The Balaban J connectivity index is 2.42. The van der Waals surface area contributed by atoms with Gasteiger partial charge in [0.05, 0.1) is 24.8 Å². The van der Waals surface area contributed by atoms with E-state index in [0.29, 0.717) is 17.9 Å². The number of halogens is 1. The van der Waals surface area contributed by atoms with Crippen molar-refractivity contribution >= 4 is 23.5 Å². The molecule has 1 heterocycles. The van der Waals surface area contributed by atoms with Crippen LogP contribution in [0.2, 0.25) is 5.02 Å². The van der Waals surface area contributed by atoms with Crippen molar-refractivity contribution in [1.29, 1.82) is 0 Å². The summed E-state index contributed by atoms with van der Waals surface area (Å²) in [5.74, 6) is -0.657. The van der Waals surface area contributed by atoms with E-state index in [1.807, 2.05) is 0 Å². The Morgan fingerprint density at radius 3 is 2.46 bits per heavy atom. The molecule has 1 aromatic heterocycles. The standard InChI is InChI=1S/C18H22ClN3O6/c1-5-25-13-9-11(14-15(21-22-20-14)18(24)27-7-3)8-12(19)16(13)28-10(4)17(23)26-6-2/h8-10H,5-7H2,1-4H3,(H,20,21,22). The molecule has 0 aliphatic carbocycles. The van der Waals surface area contributed by atoms with Crippen LogP contribution in [0.4, 0.5) is 0 Å². The number of aromatic nitrogens is 3. The first-order valence-corrected chi connectivity index (χ1v) is 9.18. The molecule has 9 nitrogen and oxygen atoms in total. The summed E-state index contributed by atoms with van der Waals surface area (Å²) in [7, 11) is 0. The normalized spacial score (nSPS) is 11.6. The van der Waals surface area contributed by atoms with E-state index in [1.165, 1.54) is 6.07 Å². The van der Waals surface area contributed by atoms with E-state index in [9.17, 15) is 9.59 Å². The summed E-state index contributed by atoms with van der Waals surface area (Å²) in [4.78, 5) is 23.9. The Bertz CT molecular complexity index is 839. The van der Waals surface area contributed by atoms with E-state index in [1.54, 1.807) is 33.8 Å². The van der Waals surface area contributed by atoms with Gasteiger partial charge < -0.3 is 18.9 Å². The molecule has 152 valence electrons. The minimum atomic E-state index is -0.885. The van der Waals surface area contributed by atoms with Gasteiger partial charge in [-0.2, -0.15) is 10.3 Å². The zero-order valence-electron chi connectivity index (χ0n) is 16.1. The van der Waals surface area contributed by atoms with Gasteiger partial charge in [-0.3, -0.25) is 0 Å². The van der Waals surface area contributed by atoms with Crippen LogP contribution < -0.4 is 9.47 Å². The lowest BCUT2D eigenvalue weighted by Gasteiger charge is -2.18. The molecule has 0 saturated heterocycles. The van der Waals surface area contributed by atoms with Gasteiger partial charge >= 0.3 is 11.9 Å². The fourth-order valence-electron chi connectivity index (χ4n) is 2.34. The Kier molecular flexibility index (Phi) is 7.62. The Labute approximate surface area is 167 Å². The first-order valence-electron chi connectivity index (χ1n) is 8.80. The molecule has 1 atom stereocenters. The maximum absolute atomic E-state index is 12.1. The molecule has 0 amide bonds. The maximum atomic E-state index is 12.1. The van der Waals surface area contributed by atoms with Crippen molar-refractivity contribution in [2.24, 2.45) is 0 Å². The summed E-state index contributed by atoms with van der Waals surface area (Å²) in [6.45, 7) is 7.51. The Hall–Kier alpha value is -2.81. The zero-order chi connectivity index (χ0) is 20.7. The number of H-pyrrole nitrogens is 1. The molecule has 0 fully saturated rings. The van der Waals surface area contributed by atoms with E-state index < -0.39 is 18.0 Å². The molecule has 0 radical (unpaired) electrons. The number of hydrogen-bond acceptors (Lipinski definition) is 8. The Morgan fingerprint density at radius 1 is 1.11 bits per heavy atom. The van der Waals surface area contributed by atoms with Crippen LogP contribution in [0.25, 0.3) is 11.3 Å². The smallest absolute Gasteiger partial charge is 0.361 e. The van der Waals surface area contributed by atoms with Gasteiger partial charge in [-0.05, 0) is 39.8 Å². The van der Waals surface area contributed by atoms with Crippen LogP contribution in [0.15, 0.2) is 12.1 Å². The lowest BCUT2D eigenvalue weighted by molar-refractivity contribution is -0.150. The minimum Gasteiger partial charge on any atom is -0.490 e. The molecule has 1 N–H and O–H groups in total. The monoisotopic (exact) mass is 411 g/mol. The van der Waals surface area contributed by atoms with E-state index >= 15 is 0 Å². The molecule has 1 aromatic carbocycles. The van der Waals surface area contributed by atoms with Crippen molar-refractivity contribution in [2.75, 3.05) is 19.8 Å². The highest BCUT2D eigenvalue weighted by Crippen LogP contribution is 2.40. The quantitative estimate of drug-likeness (QED) is 0.626. The number of benzene rings is 1. The van der Waals surface area contributed by atoms with E-state index in [-0.39, 0.29) is 35.4 Å². The van der Waals surface area contributed by atoms with Crippen LogP contribution in [0.3, 0.4) is 0 Å². The average molecular weight is 412 g/mol. The number of carbonyl (C=O) groups is 2. The van der Waals surface area contributed by atoms with Crippen molar-refractivity contribution in [3.8, 4) is 22.8 Å². The number of ether oxygens (including phenoxy) is 4. The third-order valence-electron chi connectivity index (χ3n) is 3.51. The highest BCUT2D eigenvalue weighted by Gasteiger charge is 2.24. The predicted octanol–water partition coefficient (Wildman–Crippen LogP) is 3.03. The van der Waals surface area contributed by atoms with Gasteiger partial charge in [0.2, 0.25) is 0 Å². The maximum Gasteiger partial charge on any atom is 0.361 e. The zero-order valence-corrected chi connectivity index (χ0v) is 16.8. The molecular formula is C18H22ClN3O6. The largest absolute Gasteiger partial charge is 0.490 e. The fourth-order valence-corrected chi connectivity index (χ4v) is 2.60. The second kappa shape index (κ2) is 9.93. The predicted molar refractivity (Wildman–Crippen MR) is 101 cm³/mol. The van der Waals surface area contributed by atoms with Crippen LogP contribution >= 0.6 is 11.6 Å². The van der Waals surface area contributed by atoms with Crippen LogP contribution in [0.1, 0.15) is 38.2 Å². The van der Waals surface area contributed by atoms with Crippen LogP contribution in [-0.2, 0) is 14.3 Å². The van der Waals surface area contributed by atoms with E-state index in [2.05, 4.69) is 15.4 Å². The number of carbonyl (C=O) groups excluding carboxylic acids is 2. The topological polar surface area (TPSA) is 113 Å². The third-order valence-corrected chi connectivity index (χ3v) is 3.79. The van der Waals surface area contributed by atoms with Gasteiger partial charge in [-0.1, -0.05) is 11.6 Å². The first kappa shape index (κ1) is 21.5. The van der Waals surface area contributed by atoms with Crippen molar-refractivity contribution in [2.45, 2.75) is 33.8 Å². The molecule has 2 rings (SSSR count). The van der Waals surface area contributed by atoms with Gasteiger partial charge in [-0.15, -0.1) is 5.10 Å². The number of rotatable bonds is 9. The summed E-state index contributed by atoms with van der Waals surface area (Å²) in [6, 6.07) is 3.14. The van der Waals surface area contributed by atoms with Crippen LogP contribution in [-0.4, -0.2) is 53.3 Å². The molecule has 28 heavy (non-hydrogen) atoms. The summed E-state index contributed by atoms with van der Waals surface area (Å²) >= 11 is 6.37. The van der Waals surface area contributed by atoms with E-state index in [4.69, 9.17) is 30.5 Å². The highest BCUT2D eigenvalue weighted by atomic mass is 35.5. The van der Waals surface area contributed by atoms with Crippen molar-refractivity contribution in [3.05, 3.63) is 22.8 Å². The summed E-state index contributed by atoms with van der Waals surface area (Å²) in [6.07, 6.45) is -0.885. The molecule has 1 unspecified atom stereocenters. The van der Waals surface area contributed by atoms with Gasteiger partial charge in [0.15, 0.2) is 23.3 Å². The minimum absolute atomic E-state index is 0.0222. The molecule has 2 aromatic rings. The van der Waals surface area contributed by atoms with Crippen molar-refractivity contribution in [3.63, 3.8) is 0 Å². The molecular weight excluding hydrogens is 390 g/mol. The van der Waals surface area contributed by atoms with Crippen molar-refractivity contribution in [1.82, 2.24) is 15.4 Å². The van der Waals surface area contributed by atoms with Gasteiger partial charge in [0, 0.05) is 5.56 Å². The SMILES string of the molecule is CCOC(=O)c1n[nH]nc1-c1cc(Cl)c(OC(C)C(=O)OCC)c(OCC)c1. The number of nitrogens with one attached hydrogen (secondary N) is 1. The second-order valence-corrected chi connectivity index (χ2v) is 5.88. The van der Waals surface area contributed by atoms with Crippen LogP contribution in [0, 0.1) is 0 Å². The fraction of sp³-hybridized carbons (Fsp3) is 0.444. The van der Waals surface area contributed by atoms with Gasteiger partial charge in [-0.25, -0.2) is 9.59 Å². The van der Waals surface area contributed by atoms with Crippen molar-refractivity contribution < 1.29 is 28.5 Å². The molecule has 0 bridgehead atoms. The number of esters is 2. The van der Waals surface area contributed by atoms with Gasteiger partial charge in [0.1, 0.15) is 5.69 Å². The Morgan fingerprint density at radius 2 is 1.82 bits per heavy atom. The third kappa shape index (κ3) is 4.92. The molecule has 0 aliphatic heterocycles. The molecule has 0 spiro atoms. The second-order valence-electron chi connectivity index (χ2n) is 5.47. The average Bonchev–Trinajstić information content (AvgIpc) is 3.14. The van der Waals surface area contributed by atoms with E-state index in [0.717, 1.165) is 0 Å². The van der Waals surface area contributed by atoms with Gasteiger partial charge in [0.25, 0.3) is 0 Å². The molecule has 0 saturated carbocycles. The molecule has 10 heteroatoms. The first-order chi connectivity index (χ1) is 13.4. The summed E-state index contributed by atoms with van der Waals surface area (Å²) < 4.78 is 21.2. The number of nitrogens with zero attached hydrogens (tertiary/aromatic N) is 2. The lowest BCUT2D eigenvalue weighted by atomic mass is 10.1. The molecule has 0 aliphatic rings. The summed E-state index contributed by atoms with van der Waals surface area (Å²) in [5, 5.41) is 10.4. The number of aromatic amines is 1.